The van der Waals surface area contributed by atoms with E-state index >= 15 is 0 Å². The molecule has 0 radical (unpaired) electrons. The minimum absolute atomic E-state index is 0.0101. The van der Waals surface area contributed by atoms with Crippen molar-refractivity contribution in [1.82, 2.24) is 9.97 Å². The molecule has 2 heterocycles. The van der Waals surface area contributed by atoms with E-state index in [-0.39, 0.29) is 5.69 Å². The number of hydrogen-bond acceptors (Lipinski definition) is 4. The lowest BCUT2D eigenvalue weighted by Gasteiger charge is -2.16. The summed E-state index contributed by atoms with van der Waals surface area (Å²) in [5.41, 5.74) is -0.0101. The smallest absolute Gasteiger partial charge is 0.356 e. The maximum atomic E-state index is 10.6. The van der Waals surface area contributed by atoms with Crippen molar-refractivity contribution in [1.29, 1.82) is 0 Å². The molecule has 2 atom stereocenters. The van der Waals surface area contributed by atoms with E-state index in [0.29, 0.717) is 11.8 Å². The average molecular weight is 221 g/mol. The number of carbonyl (C=O) groups is 1. The van der Waals surface area contributed by atoms with Gasteiger partial charge in [0, 0.05) is 13.1 Å². The molecule has 1 aliphatic heterocycles. The second-order valence-corrected chi connectivity index (χ2v) is 4.42. The lowest BCUT2D eigenvalue weighted by molar-refractivity contribution is 0.0690. The van der Waals surface area contributed by atoms with Gasteiger partial charge in [-0.15, -0.1) is 0 Å². The van der Waals surface area contributed by atoms with Gasteiger partial charge in [-0.25, -0.2) is 14.8 Å². The molecule has 1 fully saturated rings. The highest BCUT2D eigenvalue weighted by molar-refractivity contribution is 5.84. The summed E-state index contributed by atoms with van der Waals surface area (Å²) in [6.45, 7) is 6.35. The number of nitrogens with zero attached hydrogens (tertiary/aromatic N) is 3. The fraction of sp³-hybridized carbons (Fsp3) is 0.545. The number of aromatic carboxylic acids is 1. The van der Waals surface area contributed by atoms with E-state index in [0.717, 1.165) is 18.9 Å². The van der Waals surface area contributed by atoms with Crippen molar-refractivity contribution in [2.24, 2.45) is 11.8 Å². The summed E-state index contributed by atoms with van der Waals surface area (Å²) in [6, 6.07) is 0. The largest absolute Gasteiger partial charge is 0.476 e. The summed E-state index contributed by atoms with van der Waals surface area (Å²) < 4.78 is 0. The molecule has 86 valence electrons. The molecule has 5 heteroatoms. The molecule has 1 aromatic heterocycles. The minimum Gasteiger partial charge on any atom is -0.476 e. The number of rotatable bonds is 2. The van der Waals surface area contributed by atoms with Crippen molar-refractivity contribution in [3.63, 3.8) is 0 Å². The molecule has 0 aromatic carbocycles. The van der Waals surface area contributed by atoms with Crippen LogP contribution in [0.4, 0.5) is 5.82 Å². The zero-order valence-corrected chi connectivity index (χ0v) is 9.42. The number of anilines is 1. The Labute approximate surface area is 94.1 Å². The Morgan fingerprint density at radius 2 is 1.94 bits per heavy atom. The van der Waals surface area contributed by atoms with Crippen LogP contribution < -0.4 is 4.90 Å². The second kappa shape index (κ2) is 4.08. The summed E-state index contributed by atoms with van der Waals surface area (Å²) in [6.07, 6.45) is 2.85. The van der Waals surface area contributed by atoms with Crippen molar-refractivity contribution in [2.45, 2.75) is 13.8 Å². The zero-order valence-electron chi connectivity index (χ0n) is 9.42. The fourth-order valence-corrected chi connectivity index (χ4v) is 1.91. The molecule has 1 aliphatic rings. The molecule has 1 N–H and O–H groups in total. The first-order valence-electron chi connectivity index (χ1n) is 5.38. The number of carboxylic acids is 1. The van der Waals surface area contributed by atoms with E-state index in [9.17, 15) is 4.79 Å². The standard InChI is InChI=1S/C11H15N3O2/c1-7-5-14(6-8(7)2)10-4-12-9(3-13-10)11(15)16/h3-4,7-8H,5-6H2,1-2H3,(H,15,16). The maximum Gasteiger partial charge on any atom is 0.356 e. The first-order chi connectivity index (χ1) is 7.58. The summed E-state index contributed by atoms with van der Waals surface area (Å²) in [5.74, 6) is 1.00. The van der Waals surface area contributed by atoms with Gasteiger partial charge in [0.15, 0.2) is 5.69 Å². The molecular formula is C11H15N3O2. The minimum atomic E-state index is -1.04. The van der Waals surface area contributed by atoms with Crippen LogP contribution in [0.3, 0.4) is 0 Å². The SMILES string of the molecule is CC1CN(c2cnc(C(=O)O)cn2)CC1C. The van der Waals surface area contributed by atoms with E-state index in [1.54, 1.807) is 0 Å². The first kappa shape index (κ1) is 10.9. The van der Waals surface area contributed by atoms with Gasteiger partial charge in [0.25, 0.3) is 0 Å². The van der Waals surface area contributed by atoms with Crippen LogP contribution in [0.25, 0.3) is 0 Å². The first-order valence-corrected chi connectivity index (χ1v) is 5.38. The predicted molar refractivity (Wildman–Crippen MR) is 59.5 cm³/mol. The summed E-state index contributed by atoms with van der Waals surface area (Å²) >= 11 is 0. The van der Waals surface area contributed by atoms with E-state index in [1.807, 2.05) is 0 Å². The van der Waals surface area contributed by atoms with Crippen LogP contribution in [0.15, 0.2) is 12.4 Å². The molecule has 0 spiro atoms. The average Bonchev–Trinajstić information content (AvgIpc) is 2.59. The van der Waals surface area contributed by atoms with Gasteiger partial charge in [0.1, 0.15) is 5.82 Å². The van der Waals surface area contributed by atoms with Crippen LogP contribution in [0.5, 0.6) is 0 Å². The van der Waals surface area contributed by atoms with Gasteiger partial charge in [-0.05, 0) is 11.8 Å². The Hall–Kier alpha value is -1.65. The molecule has 1 saturated heterocycles. The third-order valence-corrected chi connectivity index (χ3v) is 3.17. The second-order valence-electron chi connectivity index (χ2n) is 4.42. The van der Waals surface area contributed by atoms with E-state index in [2.05, 4.69) is 28.7 Å². The highest BCUT2D eigenvalue weighted by Crippen LogP contribution is 2.25. The molecule has 1 aromatic rings. The molecule has 0 aliphatic carbocycles. The van der Waals surface area contributed by atoms with Crippen LogP contribution >= 0.6 is 0 Å². The molecule has 2 unspecified atom stereocenters. The Bertz CT molecular complexity index is 381. The van der Waals surface area contributed by atoms with Crippen molar-refractivity contribution in [3.8, 4) is 0 Å². The van der Waals surface area contributed by atoms with Crippen LogP contribution in [0.1, 0.15) is 24.3 Å². The maximum absolute atomic E-state index is 10.6. The molecule has 16 heavy (non-hydrogen) atoms. The van der Waals surface area contributed by atoms with Crippen LogP contribution in [-0.4, -0.2) is 34.1 Å². The van der Waals surface area contributed by atoms with Gasteiger partial charge in [-0.1, -0.05) is 13.8 Å². The summed E-state index contributed by atoms with van der Waals surface area (Å²) in [7, 11) is 0. The van der Waals surface area contributed by atoms with Gasteiger partial charge >= 0.3 is 5.97 Å². The van der Waals surface area contributed by atoms with Gasteiger partial charge in [-0.3, -0.25) is 0 Å². The topological polar surface area (TPSA) is 66.3 Å². The van der Waals surface area contributed by atoms with Crippen molar-refractivity contribution in [3.05, 3.63) is 18.1 Å². The Morgan fingerprint density at radius 3 is 2.38 bits per heavy atom. The third kappa shape index (κ3) is 1.98. The third-order valence-electron chi connectivity index (χ3n) is 3.17. The van der Waals surface area contributed by atoms with Crippen molar-refractivity contribution < 1.29 is 9.90 Å². The molecular weight excluding hydrogens is 206 g/mol. The van der Waals surface area contributed by atoms with Gasteiger partial charge in [-0.2, -0.15) is 0 Å². The predicted octanol–water partition coefficient (Wildman–Crippen LogP) is 1.27. The van der Waals surface area contributed by atoms with E-state index in [4.69, 9.17) is 5.11 Å². The van der Waals surface area contributed by atoms with Crippen molar-refractivity contribution in [2.75, 3.05) is 18.0 Å². The lowest BCUT2D eigenvalue weighted by Crippen LogP contribution is -2.21. The lowest BCUT2D eigenvalue weighted by atomic mass is 10.0. The monoisotopic (exact) mass is 221 g/mol. The highest BCUT2D eigenvalue weighted by Gasteiger charge is 2.27. The van der Waals surface area contributed by atoms with E-state index < -0.39 is 5.97 Å². The van der Waals surface area contributed by atoms with Crippen LogP contribution in [0.2, 0.25) is 0 Å². The molecule has 0 bridgehead atoms. The van der Waals surface area contributed by atoms with Gasteiger partial charge < -0.3 is 10.0 Å². The summed E-state index contributed by atoms with van der Waals surface area (Å²) in [5, 5.41) is 8.71. The quantitative estimate of drug-likeness (QED) is 0.814. The Kier molecular flexibility index (Phi) is 2.77. The van der Waals surface area contributed by atoms with E-state index in [1.165, 1.54) is 12.4 Å². The van der Waals surface area contributed by atoms with Crippen LogP contribution in [-0.2, 0) is 0 Å². The van der Waals surface area contributed by atoms with Crippen molar-refractivity contribution >= 4 is 11.8 Å². The zero-order chi connectivity index (χ0) is 11.7. The molecule has 2 rings (SSSR count). The van der Waals surface area contributed by atoms with Gasteiger partial charge in [0.2, 0.25) is 0 Å². The Morgan fingerprint density at radius 1 is 1.31 bits per heavy atom. The Balaban J connectivity index is 2.14. The van der Waals surface area contributed by atoms with Crippen LogP contribution in [0, 0.1) is 11.8 Å². The molecule has 0 saturated carbocycles. The van der Waals surface area contributed by atoms with Gasteiger partial charge in [0.05, 0.1) is 12.4 Å². The number of carboxylic acid groups (broad SMARTS) is 1. The normalized spacial score (nSPS) is 24.8. The number of aromatic nitrogens is 2. The fourth-order valence-electron chi connectivity index (χ4n) is 1.91. The number of hydrogen-bond donors (Lipinski definition) is 1. The molecule has 5 nitrogen and oxygen atoms in total. The summed E-state index contributed by atoms with van der Waals surface area (Å²) in [4.78, 5) is 20.8. The molecule has 0 amide bonds. The highest BCUT2D eigenvalue weighted by atomic mass is 16.4.